The number of fused-ring (bicyclic) bond motifs is 8. The van der Waals surface area contributed by atoms with Crippen LogP contribution in [0.5, 0.6) is 0 Å². The molecule has 11 rings (SSSR count). The molecule has 0 radical (unpaired) electrons. The molecule has 4 heteroatoms. The van der Waals surface area contributed by atoms with Crippen LogP contribution in [0.1, 0.15) is 0 Å². The van der Waals surface area contributed by atoms with Crippen molar-refractivity contribution >= 4 is 98.2 Å². The molecule has 0 aliphatic carbocycles. The standard InChI is InChI=1S/C52H35N3S/c1-4-16-37(17-5-1)53(42-32-33-45-44-23-12-13-25-47(44)55(49(45)35-42)39-20-8-3-9-21-39)40-28-30-41(31-29-40)54(38-18-6-2-7-19-38)48-26-14-24-46-51-43-22-11-10-15-36(43)27-34-50(51)56-52(46)48/h1-35H. The van der Waals surface area contributed by atoms with E-state index in [2.05, 4.69) is 227 Å². The van der Waals surface area contributed by atoms with Gasteiger partial charge in [-0.25, -0.2) is 0 Å². The van der Waals surface area contributed by atoms with E-state index in [1.807, 2.05) is 11.3 Å². The van der Waals surface area contributed by atoms with Crippen molar-refractivity contribution in [2.24, 2.45) is 0 Å². The Kier molecular flexibility index (Phi) is 7.68. The van der Waals surface area contributed by atoms with Gasteiger partial charge in [-0.3, -0.25) is 0 Å². The molecule has 0 unspecified atom stereocenters. The van der Waals surface area contributed by atoms with Gasteiger partial charge < -0.3 is 14.4 Å². The first-order valence-electron chi connectivity index (χ1n) is 19.0. The molecule has 0 saturated heterocycles. The Bertz CT molecular complexity index is 3180. The number of thiophene rings is 1. The molecule has 0 bridgehead atoms. The van der Waals surface area contributed by atoms with E-state index in [4.69, 9.17) is 0 Å². The molecule has 0 atom stereocenters. The fourth-order valence-electron chi connectivity index (χ4n) is 8.46. The zero-order valence-electron chi connectivity index (χ0n) is 30.5. The molecule has 0 saturated carbocycles. The lowest BCUT2D eigenvalue weighted by molar-refractivity contribution is 1.18. The highest BCUT2D eigenvalue weighted by Gasteiger charge is 2.21. The first-order chi connectivity index (χ1) is 27.8. The van der Waals surface area contributed by atoms with Gasteiger partial charge in [-0.15, -0.1) is 11.3 Å². The normalized spacial score (nSPS) is 11.6. The van der Waals surface area contributed by atoms with Crippen molar-refractivity contribution < 1.29 is 0 Å². The quantitative estimate of drug-likeness (QED) is 0.162. The van der Waals surface area contributed by atoms with Crippen LogP contribution in [-0.2, 0) is 0 Å². The molecule has 0 N–H and O–H groups in total. The fourth-order valence-corrected chi connectivity index (χ4v) is 9.68. The fraction of sp³-hybridized carbons (Fsp3) is 0. The van der Waals surface area contributed by atoms with Crippen LogP contribution in [0.4, 0.5) is 34.1 Å². The first-order valence-corrected chi connectivity index (χ1v) is 19.8. The van der Waals surface area contributed by atoms with Crippen molar-refractivity contribution in [3.05, 3.63) is 212 Å². The SMILES string of the molecule is c1ccc(N(c2ccc(N(c3ccccc3)c3cccc4c3sc3ccc5ccccc5c34)cc2)c2ccc3c4ccccc4n(-c4ccccc4)c3c2)cc1. The Balaban J connectivity index is 1.07. The average Bonchev–Trinajstić information content (AvgIpc) is 3.82. The Morgan fingerprint density at radius 2 is 0.911 bits per heavy atom. The molecule has 3 nitrogen and oxygen atoms in total. The number of benzene rings is 9. The number of hydrogen-bond donors (Lipinski definition) is 0. The number of para-hydroxylation sites is 4. The van der Waals surface area contributed by atoms with Gasteiger partial charge in [0.15, 0.2) is 0 Å². The minimum absolute atomic E-state index is 1.08. The van der Waals surface area contributed by atoms with Crippen molar-refractivity contribution in [1.82, 2.24) is 4.57 Å². The van der Waals surface area contributed by atoms with Gasteiger partial charge in [-0.1, -0.05) is 121 Å². The molecular weight excluding hydrogens is 699 g/mol. The summed E-state index contributed by atoms with van der Waals surface area (Å²) in [7, 11) is 0. The highest BCUT2D eigenvalue weighted by molar-refractivity contribution is 7.26. The van der Waals surface area contributed by atoms with Gasteiger partial charge >= 0.3 is 0 Å². The largest absolute Gasteiger partial charge is 0.310 e. The van der Waals surface area contributed by atoms with Crippen LogP contribution in [0.3, 0.4) is 0 Å². The Hall–Kier alpha value is -7.14. The topological polar surface area (TPSA) is 11.4 Å². The van der Waals surface area contributed by atoms with Crippen molar-refractivity contribution in [1.29, 1.82) is 0 Å². The van der Waals surface area contributed by atoms with Crippen LogP contribution in [0.15, 0.2) is 212 Å². The van der Waals surface area contributed by atoms with Gasteiger partial charge in [0.05, 0.1) is 21.4 Å². The summed E-state index contributed by atoms with van der Waals surface area (Å²) in [6.45, 7) is 0. The van der Waals surface area contributed by atoms with E-state index in [0.717, 1.165) is 34.1 Å². The van der Waals surface area contributed by atoms with Gasteiger partial charge in [0.2, 0.25) is 0 Å². The minimum atomic E-state index is 1.08. The molecule has 11 aromatic rings. The van der Waals surface area contributed by atoms with Gasteiger partial charge in [0.25, 0.3) is 0 Å². The van der Waals surface area contributed by atoms with Gasteiger partial charge in [-0.2, -0.15) is 0 Å². The maximum atomic E-state index is 2.40. The number of hydrogen-bond acceptors (Lipinski definition) is 3. The summed E-state index contributed by atoms with van der Waals surface area (Å²) in [6.07, 6.45) is 0. The number of anilines is 6. The third kappa shape index (κ3) is 5.26. The number of rotatable bonds is 7. The van der Waals surface area contributed by atoms with E-state index < -0.39 is 0 Å². The summed E-state index contributed by atoms with van der Waals surface area (Å²) in [5, 5.41) is 7.66. The number of nitrogens with zero attached hydrogens (tertiary/aromatic N) is 3. The van der Waals surface area contributed by atoms with Gasteiger partial charge in [0, 0.05) is 60.4 Å². The van der Waals surface area contributed by atoms with Crippen molar-refractivity contribution in [3.63, 3.8) is 0 Å². The van der Waals surface area contributed by atoms with Crippen LogP contribution in [0, 0.1) is 0 Å². The summed E-state index contributed by atoms with van der Waals surface area (Å²) < 4.78 is 4.96. The van der Waals surface area contributed by atoms with Crippen LogP contribution < -0.4 is 9.80 Å². The number of aromatic nitrogens is 1. The van der Waals surface area contributed by atoms with Crippen LogP contribution in [0.25, 0.3) is 58.4 Å². The molecule has 0 amide bonds. The smallest absolute Gasteiger partial charge is 0.0640 e. The van der Waals surface area contributed by atoms with E-state index in [0.29, 0.717) is 0 Å². The van der Waals surface area contributed by atoms with E-state index in [1.165, 1.54) is 58.4 Å². The second-order valence-corrected chi connectivity index (χ2v) is 15.2. The molecule has 0 spiro atoms. The van der Waals surface area contributed by atoms with E-state index >= 15 is 0 Å². The Morgan fingerprint density at radius 3 is 1.66 bits per heavy atom. The predicted octanol–water partition coefficient (Wildman–Crippen LogP) is 15.2. The first kappa shape index (κ1) is 32.3. The van der Waals surface area contributed by atoms with Crippen molar-refractivity contribution in [3.8, 4) is 5.69 Å². The predicted molar refractivity (Wildman–Crippen MR) is 241 cm³/mol. The average molecular weight is 734 g/mol. The van der Waals surface area contributed by atoms with Crippen molar-refractivity contribution in [2.45, 2.75) is 0 Å². The maximum absolute atomic E-state index is 2.40. The Morgan fingerprint density at radius 1 is 0.357 bits per heavy atom. The minimum Gasteiger partial charge on any atom is -0.310 e. The molecule has 9 aromatic carbocycles. The monoisotopic (exact) mass is 733 g/mol. The molecule has 2 aromatic heterocycles. The van der Waals surface area contributed by atoms with Crippen molar-refractivity contribution in [2.75, 3.05) is 9.80 Å². The summed E-state index contributed by atoms with van der Waals surface area (Å²) in [5.74, 6) is 0. The van der Waals surface area contributed by atoms with Crippen LogP contribution >= 0.6 is 11.3 Å². The highest BCUT2D eigenvalue weighted by Crippen LogP contribution is 2.47. The zero-order valence-corrected chi connectivity index (χ0v) is 31.3. The lowest BCUT2D eigenvalue weighted by atomic mass is 10.0. The second-order valence-electron chi connectivity index (χ2n) is 14.2. The van der Waals surface area contributed by atoms with E-state index in [1.54, 1.807) is 0 Å². The summed E-state index contributed by atoms with van der Waals surface area (Å²) in [4.78, 5) is 4.77. The van der Waals surface area contributed by atoms with E-state index in [-0.39, 0.29) is 0 Å². The van der Waals surface area contributed by atoms with Crippen LogP contribution in [0.2, 0.25) is 0 Å². The second kappa shape index (κ2) is 13.3. The zero-order chi connectivity index (χ0) is 37.0. The lowest BCUT2D eigenvalue weighted by Crippen LogP contribution is -2.12. The summed E-state index contributed by atoms with van der Waals surface area (Å²) >= 11 is 1.87. The lowest BCUT2D eigenvalue weighted by Gasteiger charge is -2.28. The van der Waals surface area contributed by atoms with Crippen LogP contribution in [-0.4, -0.2) is 4.57 Å². The molecular formula is C52H35N3S. The van der Waals surface area contributed by atoms with Gasteiger partial charge in [0.1, 0.15) is 0 Å². The van der Waals surface area contributed by atoms with Gasteiger partial charge in [-0.05, 0) is 102 Å². The molecule has 56 heavy (non-hydrogen) atoms. The Labute approximate surface area is 329 Å². The molecule has 2 heterocycles. The maximum Gasteiger partial charge on any atom is 0.0640 e. The third-order valence-electron chi connectivity index (χ3n) is 10.9. The third-order valence-corrected chi connectivity index (χ3v) is 12.1. The molecule has 264 valence electrons. The highest BCUT2D eigenvalue weighted by atomic mass is 32.1. The summed E-state index contributed by atoms with van der Waals surface area (Å²) in [5.41, 5.74) is 10.2. The van der Waals surface area contributed by atoms with E-state index in [9.17, 15) is 0 Å². The summed E-state index contributed by atoms with van der Waals surface area (Å²) in [6, 6.07) is 76.7. The molecule has 0 aliphatic heterocycles. The molecule has 0 aliphatic rings. The molecule has 0 fully saturated rings.